The van der Waals surface area contributed by atoms with Crippen LogP contribution in [-0.4, -0.2) is 12.8 Å². The summed E-state index contributed by atoms with van der Waals surface area (Å²) in [6.45, 7) is 3.94. The molecule has 1 aliphatic rings. The topological polar surface area (TPSA) is 29.1 Å². The van der Waals surface area contributed by atoms with Gasteiger partial charge in [0.05, 0.1) is 0 Å². The molecule has 0 aromatic rings. The number of carbonyl (C=O) groups is 1. The van der Waals surface area contributed by atoms with Crippen molar-refractivity contribution in [3.05, 3.63) is 22.9 Å². The van der Waals surface area contributed by atoms with Gasteiger partial charge >= 0.3 is 0 Å². The van der Waals surface area contributed by atoms with Gasteiger partial charge in [-0.3, -0.25) is 4.79 Å². The highest BCUT2D eigenvalue weighted by molar-refractivity contribution is 6.02. The summed E-state index contributed by atoms with van der Waals surface area (Å²) in [4.78, 5) is 11.4. The lowest BCUT2D eigenvalue weighted by molar-refractivity contribution is -0.114. The summed E-state index contributed by atoms with van der Waals surface area (Å²) in [5.41, 5.74) is 3.08. The van der Waals surface area contributed by atoms with E-state index in [1.807, 2.05) is 27.0 Å². The van der Waals surface area contributed by atoms with Crippen LogP contribution in [0.5, 0.6) is 0 Å². The predicted octanol–water partition coefficient (Wildman–Crippen LogP) is 1.79. The van der Waals surface area contributed by atoms with Gasteiger partial charge in [-0.05, 0) is 25.8 Å². The first-order valence-electron chi connectivity index (χ1n) is 4.28. The molecule has 12 heavy (non-hydrogen) atoms. The number of carbonyl (C=O) groups excluding carboxylic acids is 1. The Kier molecular flexibility index (Phi) is 2.69. The quantitative estimate of drug-likeness (QED) is 0.676. The SMILES string of the molecule is C/C=C(\C)C1=C(NC)CCC1=O. The second-order valence-corrected chi connectivity index (χ2v) is 3.00. The second kappa shape index (κ2) is 3.57. The number of ketones is 1. The van der Waals surface area contributed by atoms with E-state index in [1.54, 1.807) is 0 Å². The Bertz CT molecular complexity index is 261. The molecule has 0 saturated carbocycles. The Morgan fingerprint density at radius 2 is 2.17 bits per heavy atom. The molecule has 0 aromatic carbocycles. The van der Waals surface area contributed by atoms with E-state index >= 15 is 0 Å². The molecule has 0 spiro atoms. The molecule has 66 valence electrons. The Labute approximate surface area is 73.4 Å². The smallest absolute Gasteiger partial charge is 0.165 e. The normalized spacial score (nSPS) is 18.9. The van der Waals surface area contributed by atoms with Gasteiger partial charge < -0.3 is 5.32 Å². The molecule has 1 aliphatic carbocycles. The van der Waals surface area contributed by atoms with Gasteiger partial charge in [-0.25, -0.2) is 0 Å². The molecular weight excluding hydrogens is 150 g/mol. The van der Waals surface area contributed by atoms with Gasteiger partial charge in [0.15, 0.2) is 5.78 Å². The van der Waals surface area contributed by atoms with Gasteiger partial charge in [0.25, 0.3) is 0 Å². The molecule has 0 bridgehead atoms. The molecule has 0 atom stereocenters. The van der Waals surface area contributed by atoms with Crippen molar-refractivity contribution in [1.29, 1.82) is 0 Å². The van der Waals surface area contributed by atoms with Gasteiger partial charge in [-0.15, -0.1) is 0 Å². The van der Waals surface area contributed by atoms with Gasteiger partial charge in [0.2, 0.25) is 0 Å². The highest BCUT2D eigenvalue weighted by Crippen LogP contribution is 2.25. The zero-order chi connectivity index (χ0) is 9.14. The highest BCUT2D eigenvalue weighted by Gasteiger charge is 2.22. The number of nitrogens with one attached hydrogen (secondary N) is 1. The first kappa shape index (κ1) is 9.04. The minimum atomic E-state index is 0.273. The zero-order valence-corrected chi connectivity index (χ0v) is 7.90. The van der Waals surface area contributed by atoms with E-state index in [0.29, 0.717) is 6.42 Å². The maximum absolute atomic E-state index is 11.4. The summed E-state index contributed by atoms with van der Waals surface area (Å²) < 4.78 is 0. The maximum atomic E-state index is 11.4. The van der Waals surface area contributed by atoms with Gasteiger partial charge in [-0.1, -0.05) is 6.08 Å². The van der Waals surface area contributed by atoms with Crippen molar-refractivity contribution in [2.75, 3.05) is 7.05 Å². The van der Waals surface area contributed by atoms with Crippen LogP contribution in [0.25, 0.3) is 0 Å². The molecule has 0 saturated heterocycles. The van der Waals surface area contributed by atoms with Crippen LogP contribution >= 0.6 is 0 Å². The average Bonchev–Trinajstić information content (AvgIpc) is 2.45. The molecule has 2 heteroatoms. The largest absolute Gasteiger partial charge is 0.391 e. The Morgan fingerprint density at radius 1 is 1.50 bits per heavy atom. The third kappa shape index (κ3) is 1.42. The Balaban J connectivity index is 3.03. The molecular formula is C10H15NO. The van der Waals surface area contributed by atoms with Crippen molar-refractivity contribution in [1.82, 2.24) is 5.32 Å². The van der Waals surface area contributed by atoms with Crippen LogP contribution in [0.3, 0.4) is 0 Å². The molecule has 1 N–H and O–H groups in total. The van der Waals surface area contributed by atoms with E-state index < -0.39 is 0 Å². The Hall–Kier alpha value is -1.05. The summed E-state index contributed by atoms with van der Waals surface area (Å²) in [5.74, 6) is 0.273. The van der Waals surface area contributed by atoms with E-state index in [4.69, 9.17) is 0 Å². The molecule has 0 fully saturated rings. The molecule has 0 radical (unpaired) electrons. The van der Waals surface area contributed by atoms with Crippen molar-refractivity contribution < 1.29 is 4.79 Å². The fourth-order valence-corrected chi connectivity index (χ4v) is 1.51. The molecule has 0 amide bonds. The van der Waals surface area contributed by atoms with Crippen LogP contribution < -0.4 is 5.32 Å². The monoisotopic (exact) mass is 165 g/mol. The van der Waals surface area contributed by atoms with Crippen molar-refractivity contribution in [3.63, 3.8) is 0 Å². The second-order valence-electron chi connectivity index (χ2n) is 3.00. The number of hydrogen-bond acceptors (Lipinski definition) is 2. The lowest BCUT2D eigenvalue weighted by Crippen LogP contribution is -2.07. The average molecular weight is 165 g/mol. The van der Waals surface area contributed by atoms with Gasteiger partial charge in [-0.2, -0.15) is 0 Å². The van der Waals surface area contributed by atoms with E-state index in [1.165, 1.54) is 0 Å². The minimum absolute atomic E-state index is 0.273. The van der Waals surface area contributed by atoms with Gasteiger partial charge in [0, 0.05) is 24.7 Å². The van der Waals surface area contributed by atoms with Crippen molar-refractivity contribution in [2.24, 2.45) is 0 Å². The fraction of sp³-hybridized carbons (Fsp3) is 0.500. The molecule has 0 aromatic heterocycles. The van der Waals surface area contributed by atoms with Crippen molar-refractivity contribution >= 4 is 5.78 Å². The summed E-state index contributed by atoms with van der Waals surface area (Å²) in [7, 11) is 1.87. The summed E-state index contributed by atoms with van der Waals surface area (Å²) in [5, 5.41) is 3.08. The van der Waals surface area contributed by atoms with E-state index in [2.05, 4.69) is 5.32 Å². The summed E-state index contributed by atoms with van der Waals surface area (Å²) in [6, 6.07) is 0. The third-order valence-corrected chi connectivity index (χ3v) is 2.31. The van der Waals surface area contributed by atoms with Crippen LogP contribution in [0, 0.1) is 0 Å². The molecule has 0 aliphatic heterocycles. The van der Waals surface area contributed by atoms with E-state index in [0.717, 1.165) is 23.3 Å². The lowest BCUT2D eigenvalue weighted by Gasteiger charge is -2.04. The molecule has 0 heterocycles. The molecule has 1 rings (SSSR count). The van der Waals surface area contributed by atoms with Crippen LogP contribution in [0.2, 0.25) is 0 Å². The Morgan fingerprint density at radius 3 is 2.67 bits per heavy atom. The van der Waals surface area contributed by atoms with Crippen LogP contribution in [0.1, 0.15) is 26.7 Å². The van der Waals surface area contributed by atoms with Gasteiger partial charge in [0.1, 0.15) is 0 Å². The molecule has 0 unspecified atom stereocenters. The number of hydrogen-bond donors (Lipinski definition) is 1. The zero-order valence-electron chi connectivity index (χ0n) is 7.90. The van der Waals surface area contributed by atoms with E-state index in [9.17, 15) is 4.79 Å². The lowest BCUT2D eigenvalue weighted by atomic mass is 10.1. The molecule has 2 nitrogen and oxygen atoms in total. The highest BCUT2D eigenvalue weighted by atomic mass is 16.1. The van der Waals surface area contributed by atoms with E-state index in [-0.39, 0.29) is 5.78 Å². The standard InChI is InChI=1S/C10H15NO/c1-4-7(2)10-8(11-3)5-6-9(10)12/h4,11H,5-6H2,1-3H3/b7-4+. The number of rotatable bonds is 2. The first-order chi connectivity index (χ1) is 5.70. The maximum Gasteiger partial charge on any atom is 0.165 e. The predicted molar refractivity (Wildman–Crippen MR) is 49.8 cm³/mol. The summed E-state index contributed by atoms with van der Waals surface area (Å²) >= 11 is 0. The minimum Gasteiger partial charge on any atom is -0.391 e. The first-order valence-corrected chi connectivity index (χ1v) is 4.28. The van der Waals surface area contributed by atoms with Crippen molar-refractivity contribution in [3.8, 4) is 0 Å². The van der Waals surface area contributed by atoms with Crippen LogP contribution in [0.15, 0.2) is 22.9 Å². The number of allylic oxidation sites excluding steroid dienone is 4. The fourth-order valence-electron chi connectivity index (χ4n) is 1.51. The van der Waals surface area contributed by atoms with Crippen LogP contribution in [0.4, 0.5) is 0 Å². The van der Waals surface area contributed by atoms with Crippen LogP contribution in [-0.2, 0) is 4.79 Å². The third-order valence-electron chi connectivity index (χ3n) is 2.31. The summed E-state index contributed by atoms with van der Waals surface area (Å²) in [6.07, 6.45) is 3.52. The van der Waals surface area contributed by atoms with Crippen molar-refractivity contribution in [2.45, 2.75) is 26.7 Å². The number of Topliss-reactive ketones (excluding diaryl/α,β-unsaturated/α-hetero) is 1.